The number of rotatable bonds is 4. The zero-order valence-corrected chi connectivity index (χ0v) is 13.7. The van der Waals surface area contributed by atoms with E-state index in [1.807, 2.05) is 37.3 Å². The predicted octanol–water partition coefficient (Wildman–Crippen LogP) is 6.52. The number of benzene rings is 2. The maximum atomic E-state index is 6.29. The fourth-order valence-corrected chi connectivity index (χ4v) is 2.93. The maximum absolute atomic E-state index is 6.29. The summed E-state index contributed by atoms with van der Waals surface area (Å²) in [6.45, 7) is 4.15. The molecule has 106 valence electrons. The van der Waals surface area contributed by atoms with Crippen LogP contribution in [0.3, 0.4) is 0 Å². The van der Waals surface area contributed by atoms with Crippen molar-refractivity contribution in [2.75, 3.05) is 5.32 Å². The molecule has 0 amide bonds. The smallest absolute Gasteiger partial charge is 0.0526 e. The Balaban J connectivity index is 2.28. The number of hydrogen-bond acceptors (Lipinski definition) is 1. The quantitative estimate of drug-likeness (QED) is 0.673. The molecule has 1 N–H and O–H groups in total. The SMILES string of the molecule is CCC(Nc1ccc(Cl)cc1C)c1ccc(Cl)cc1Cl. The van der Waals surface area contributed by atoms with Crippen molar-refractivity contribution in [3.8, 4) is 0 Å². The molecule has 2 rings (SSSR count). The molecule has 0 aromatic heterocycles. The lowest BCUT2D eigenvalue weighted by Crippen LogP contribution is -2.11. The van der Waals surface area contributed by atoms with Crippen LogP contribution in [-0.4, -0.2) is 0 Å². The Morgan fingerprint density at radius 2 is 1.65 bits per heavy atom. The molecule has 0 radical (unpaired) electrons. The topological polar surface area (TPSA) is 12.0 Å². The normalized spacial score (nSPS) is 12.2. The van der Waals surface area contributed by atoms with Crippen LogP contribution in [0.1, 0.15) is 30.5 Å². The van der Waals surface area contributed by atoms with Gasteiger partial charge in [-0.05, 0) is 54.8 Å². The van der Waals surface area contributed by atoms with Gasteiger partial charge in [0.2, 0.25) is 0 Å². The minimum atomic E-state index is 0.139. The number of nitrogens with one attached hydrogen (secondary N) is 1. The van der Waals surface area contributed by atoms with Crippen molar-refractivity contribution < 1.29 is 0 Å². The van der Waals surface area contributed by atoms with E-state index in [0.717, 1.165) is 28.3 Å². The van der Waals surface area contributed by atoms with Crippen molar-refractivity contribution in [1.29, 1.82) is 0 Å². The van der Waals surface area contributed by atoms with Crippen LogP contribution in [0.25, 0.3) is 0 Å². The third kappa shape index (κ3) is 3.60. The summed E-state index contributed by atoms with van der Waals surface area (Å²) in [4.78, 5) is 0. The molecule has 0 spiro atoms. The second-order valence-electron chi connectivity index (χ2n) is 4.73. The summed E-state index contributed by atoms with van der Waals surface area (Å²) in [6.07, 6.45) is 0.920. The highest BCUT2D eigenvalue weighted by atomic mass is 35.5. The highest BCUT2D eigenvalue weighted by Crippen LogP contribution is 2.32. The Morgan fingerprint density at radius 1 is 1.00 bits per heavy atom. The van der Waals surface area contributed by atoms with Crippen LogP contribution in [0.15, 0.2) is 36.4 Å². The molecular formula is C16H16Cl3N. The average molecular weight is 329 g/mol. The summed E-state index contributed by atoms with van der Waals surface area (Å²) < 4.78 is 0. The summed E-state index contributed by atoms with van der Waals surface area (Å²) >= 11 is 18.2. The molecule has 0 fully saturated rings. The molecule has 0 bridgehead atoms. The van der Waals surface area contributed by atoms with E-state index in [-0.39, 0.29) is 6.04 Å². The van der Waals surface area contributed by atoms with Crippen LogP contribution in [0.4, 0.5) is 5.69 Å². The van der Waals surface area contributed by atoms with E-state index in [9.17, 15) is 0 Å². The van der Waals surface area contributed by atoms with Gasteiger partial charge in [-0.3, -0.25) is 0 Å². The number of anilines is 1. The van der Waals surface area contributed by atoms with Crippen molar-refractivity contribution in [3.63, 3.8) is 0 Å². The highest BCUT2D eigenvalue weighted by Gasteiger charge is 2.14. The highest BCUT2D eigenvalue weighted by molar-refractivity contribution is 6.35. The van der Waals surface area contributed by atoms with E-state index >= 15 is 0 Å². The third-order valence-corrected chi connectivity index (χ3v) is 4.06. The summed E-state index contributed by atoms with van der Waals surface area (Å²) in [5, 5.41) is 5.59. The standard InChI is InChI=1S/C16H16Cl3N/c1-3-15(13-6-4-12(18)9-14(13)19)20-16-7-5-11(17)8-10(16)2/h4-9,15,20H,3H2,1-2H3. The molecule has 2 aromatic carbocycles. The first-order valence-corrected chi connectivity index (χ1v) is 7.62. The Morgan fingerprint density at radius 3 is 2.25 bits per heavy atom. The summed E-state index contributed by atoms with van der Waals surface area (Å²) in [6, 6.07) is 11.6. The van der Waals surface area contributed by atoms with E-state index < -0.39 is 0 Å². The number of aryl methyl sites for hydroxylation is 1. The monoisotopic (exact) mass is 327 g/mol. The summed E-state index contributed by atoms with van der Waals surface area (Å²) in [7, 11) is 0. The van der Waals surface area contributed by atoms with E-state index in [2.05, 4.69) is 12.2 Å². The second-order valence-corrected chi connectivity index (χ2v) is 6.01. The number of halogens is 3. The van der Waals surface area contributed by atoms with Crippen LogP contribution in [0, 0.1) is 6.92 Å². The van der Waals surface area contributed by atoms with E-state index in [4.69, 9.17) is 34.8 Å². The fraction of sp³-hybridized carbons (Fsp3) is 0.250. The zero-order chi connectivity index (χ0) is 14.7. The molecule has 2 aromatic rings. The van der Waals surface area contributed by atoms with Gasteiger partial charge >= 0.3 is 0 Å². The predicted molar refractivity (Wildman–Crippen MR) is 89.3 cm³/mol. The van der Waals surface area contributed by atoms with Crippen molar-refractivity contribution in [2.45, 2.75) is 26.3 Å². The van der Waals surface area contributed by atoms with E-state index in [0.29, 0.717) is 10.0 Å². The van der Waals surface area contributed by atoms with Gasteiger partial charge in [-0.25, -0.2) is 0 Å². The first kappa shape index (κ1) is 15.5. The van der Waals surface area contributed by atoms with E-state index in [1.54, 1.807) is 6.07 Å². The van der Waals surface area contributed by atoms with Crippen molar-refractivity contribution >= 4 is 40.5 Å². The molecule has 1 atom stereocenters. The van der Waals surface area contributed by atoms with Gasteiger partial charge in [-0.1, -0.05) is 47.8 Å². The summed E-state index contributed by atoms with van der Waals surface area (Å²) in [5.74, 6) is 0. The lowest BCUT2D eigenvalue weighted by atomic mass is 10.0. The van der Waals surface area contributed by atoms with Crippen molar-refractivity contribution in [1.82, 2.24) is 0 Å². The van der Waals surface area contributed by atoms with Crippen molar-refractivity contribution in [2.24, 2.45) is 0 Å². The van der Waals surface area contributed by atoms with Gasteiger partial charge < -0.3 is 5.32 Å². The second kappa shape index (κ2) is 6.71. The molecule has 20 heavy (non-hydrogen) atoms. The Bertz CT molecular complexity index is 611. The third-order valence-electron chi connectivity index (χ3n) is 3.26. The lowest BCUT2D eigenvalue weighted by molar-refractivity contribution is 0.749. The molecular weight excluding hydrogens is 313 g/mol. The fourth-order valence-electron chi connectivity index (χ4n) is 2.16. The Labute approximate surface area is 134 Å². The molecule has 0 saturated carbocycles. The average Bonchev–Trinajstić information content (AvgIpc) is 2.39. The van der Waals surface area contributed by atoms with E-state index in [1.165, 1.54) is 0 Å². The minimum absolute atomic E-state index is 0.139. The van der Waals surface area contributed by atoms with Gasteiger partial charge in [-0.2, -0.15) is 0 Å². The Hall–Kier alpha value is -0.890. The van der Waals surface area contributed by atoms with Crippen molar-refractivity contribution in [3.05, 3.63) is 62.6 Å². The van der Waals surface area contributed by atoms with Crippen LogP contribution >= 0.6 is 34.8 Å². The van der Waals surface area contributed by atoms with Gasteiger partial charge in [-0.15, -0.1) is 0 Å². The van der Waals surface area contributed by atoms with Gasteiger partial charge in [0.25, 0.3) is 0 Å². The maximum Gasteiger partial charge on any atom is 0.0526 e. The Kier molecular flexibility index (Phi) is 5.20. The molecule has 0 aliphatic heterocycles. The van der Waals surface area contributed by atoms with Crippen LogP contribution in [0.2, 0.25) is 15.1 Å². The minimum Gasteiger partial charge on any atom is -0.378 e. The lowest BCUT2D eigenvalue weighted by Gasteiger charge is -2.21. The first-order chi connectivity index (χ1) is 9.51. The van der Waals surface area contributed by atoms with Crippen LogP contribution in [0.5, 0.6) is 0 Å². The van der Waals surface area contributed by atoms with Gasteiger partial charge in [0.05, 0.1) is 6.04 Å². The molecule has 0 saturated heterocycles. The van der Waals surface area contributed by atoms with Gasteiger partial charge in [0.15, 0.2) is 0 Å². The molecule has 0 heterocycles. The zero-order valence-electron chi connectivity index (χ0n) is 11.4. The first-order valence-electron chi connectivity index (χ1n) is 6.49. The largest absolute Gasteiger partial charge is 0.378 e. The summed E-state index contributed by atoms with van der Waals surface area (Å²) in [5.41, 5.74) is 3.22. The molecule has 0 aliphatic carbocycles. The van der Waals surface area contributed by atoms with Gasteiger partial charge in [0, 0.05) is 20.8 Å². The van der Waals surface area contributed by atoms with Crippen LogP contribution < -0.4 is 5.32 Å². The molecule has 1 nitrogen and oxygen atoms in total. The molecule has 1 unspecified atom stereocenters. The van der Waals surface area contributed by atoms with Gasteiger partial charge in [0.1, 0.15) is 0 Å². The molecule has 4 heteroatoms. The number of hydrogen-bond donors (Lipinski definition) is 1. The van der Waals surface area contributed by atoms with Crippen LogP contribution in [-0.2, 0) is 0 Å². The molecule has 0 aliphatic rings.